The predicted molar refractivity (Wildman–Crippen MR) is 75.5 cm³/mol. The van der Waals surface area contributed by atoms with E-state index in [2.05, 4.69) is 19.6 Å². The lowest BCUT2D eigenvalue weighted by atomic mass is 10.4. The molecule has 0 saturated carbocycles. The van der Waals surface area contributed by atoms with E-state index in [1.165, 1.54) is 5.41 Å². The molecular weight excluding hydrogens is 248 g/mol. The Balaban J connectivity index is 2.66. The van der Waals surface area contributed by atoms with Gasteiger partial charge in [0.25, 0.3) is 0 Å². The van der Waals surface area contributed by atoms with Gasteiger partial charge in [-0.25, -0.2) is 8.42 Å². The van der Waals surface area contributed by atoms with Gasteiger partial charge in [-0.3, -0.25) is 0 Å². The average Bonchev–Trinajstić information content (AvgIpc) is 2.25. The first kappa shape index (κ1) is 14.2. The van der Waals surface area contributed by atoms with E-state index in [4.69, 9.17) is 0 Å². The van der Waals surface area contributed by atoms with E-state index in [0.717, 1.165) is 12.5 Å². The Morgan fingerprint density at radius 3 is 2.24 bits per heavy atom. The zero-order chi connectivity index (χ0) is 12.9. The van der Waals surface area contributed by atoms with Crippen molar-refractivity contribution in [2.24, 2.45) is 0 Å². The van der Waals surface area contributed by atoms with Gasteiger partial charge in [0.05, 0.1) is 4.90 Å². The molecule has 0 atom stereocenters. The number of hydrogen-bond acceptors (Lipinski definition) is 2. The summed E-state index contributed by atoms with van der Waals surface area (Å²) in [6.07, 6.45) is 2.63. The van der Waals surface area contributed by atoms with Crippen molar-refractivity contribution in [1.82, 2.24) is 0 Å². The standard InChI is InChI=1S/C13H20O2SSi/c1-17(2,3)12-8-7-11-16(14,15)13-9-5-4-6-10-13/h4-7,9-11H,8,12H2,1-3H3. The molecule has 1 aromatic carbocycles. The maximum atomic E-state index is 11.9. The van der Waals surface area contributed by atoms with Crippen molar-refractivity contribution >= 4 is 17.9 Å². The minimum atomic E-state index is -3.24. The van der Waals surface area contributed by atoms with Gasteiger partial charge in [0.2, 0.25) is 0 Å². The highest BCUT2D eigenvalue weighted by Gasteiger charge is 2.12. The molecule has 0 aromatic heterocycles. The van der Waals surface area contributed by atoms with Crippen molar-refractivity contribution in [2.45, 2.75) is 37.0 Å². The molecule has 2 nitrogen and oxygen atoms in total. The summed E-state index contributed by atoms with van der Waals surface area (Å²) in [6, 6.07) is 9.66. The molecule has 94 valence electrons. The van der Waals surface area contributed by atoms with Gasteiger partial charge < -0.3 is 0 Å². The molecule has 17 heavy (non-hydrogen) atoms. The van der Waals surface area contributed by atoms with Crippen molar-refractivity contribution in [3.8, 4) is 0 Å². The molecule has 0 heterocycles. The molecule has 0 saturated heterocycles. The fraction of sp³-hybridized carbons (Fsp3) is 0.385. The van der Waals surface area contributed by atoms with Crippen molar-refractivity contribution < 1.29 is 8.42 Å². The highest BCUT2D eigenvalue weighted by atomic mass is 32.2. The first-order valence-corrected chi connectivity index (χ1v) is 11.0. The lowest BCUT2D eigenvalue weighted by Crippen LogP contribution is -2.18. The average molecular weight is 268 g/mol. The van der Waals surface area contributed by atoms with Gasteiger partial charge >= 0.3 is 0 Å². The summed E-state index contributed by atoms with van der Waals surface area (Å²) in [5.74, 6) is 0. The smallest absolute Gasteiger partial charge is 0.199 e. The Morgan fingerprint density at radius 2 is 1.71 bits per heavy atom. The van der Waals surface area contributed by atoms with Gasteiger partial charge in [-0.2, -0.15) is 0 Å². The SMILES string of the molecule is C[Si](C)(C)CCC=CS(=O)(=O)c1ccccc1. The molecule has 4 heteroatoms. The number of rotatable bonds is 5. The van der Waals surface area contributed by atoms with Crippen LogP contribution in [0.5, 0.6) is 0 Å². The number of benzene rings is 1. The van der Waals surface area contributed by atoms with E-state index in [1.807, 2.05) is 6.07 Å². The van der Waals surface area contributed by atoms with Gasteiger partial charge in [-0.1, -0.05) is 50.0 Å². The number of allylic oxidation sites excluding steroid dienone is 1. The Labute approximate surface area is 105 Å². The molecule has 0 N–H and O–H groups in total. The van der Waals surface area contributed by atoms with Crippen molar-refractivity contribution in [3.63, 3.8) is 0 Å². The Bertz CT molecular complexity index is 470. The molecule has 0 bridgehead atoms. The summed E-state index contributed by atoms with van der Waals surface area (Å²) < 4.78 is 23.8. The van der Waals surface area contributed by atoms with Crippen LogP contribution in [0.25, 0.3) is 0 Å². The number of hydrogen-bond donors (Lipinski definition) is 0. The Hall–Kier alpha value is -0.873. The van der Waals surface area contributed by atoms with Crippen LogP contribution in [0.3, 0.4) is 0 Å². The van der Waals surface area contributed by atoms with Crippen LogP contribution in [-0.4, -0.2) is 16.5 Å². The topological polar surface area (TPSA) is 34.1 Å². The van der Waals surface area contributed by atoms with Crippen molar-refractivity contribution in [3.05, 3.63) is 41.8 Å². The summed E-state index contributed by atoms with van der Waals surface area (Å²) in [5.41, 5.74) is 0. The Kier molecular flexibility index (Phi) is 4.71. The number of sulfone groups is 1. The van der Waals surface area contributed by atoms with E-state index in [9.17, 15) is 8.42 Å². The van der Waals surface area contributed by atoms with Gasteiger partial charge in [-0.15, -0.1) is 0 Å². The molecule has 0 aliphatic carbocycles. The zero-order valence-corrected chi connectivity index (χ0v) is 12.5. The van der Waals surface area contributed by atoms with Gasteiger partial charge in [0.1, 0.15) is 0 Å². The summed E-state index contributed by atoms with van der Waals surface area (Å²) in [4.78, 5) is 0.365. The van der Waals surface area contributed by atoms with Crippen LogP contribution in [0.2, 0.25) is 25.7 Å². The third-order valence-corrected chi connectivity index (χ3v) is 5.68. The summed E-state index contributed by atoms with van der Waals surface area (Å²) in [6.45, 7) is 6.85. The fourth-order valence-corrected chi connectivity index (χ4v) is 3.52. The zero-order valence-electron chi connectivity index (χ0n) is 10.7. The van der Waals surface area contributed by atoms with E-state index in [0.29, 0.717) is 4.90 Å². The van der Waals surface area contributed by atoms with Crippen LogP contribution >= 0.6 is 0 Å². The van der Waals surface area contributed by atoms with E-state index >= 15 is 0 Å². The first-order chi connectivity index (χ1) is 7.81. The molecule has 0 fully saturated rings. The van der Waals surface area contributed by atoms with E-state index < -0.39 is 17.9 Å². The van der Waals surface area contributed by atoms with Crippen LogP contribution in [-0.2, 0) is 9.84 Å². The maximum absolute atomic E-state index is 11.9. The largest absolute Gasteiger partial charge is 0.219 e. The van der Waals surface area contributed by atoms with Crippen LogP contribution in [0.1, 0.15) is 6.42 Å². The summed E-state index contributed by atoms with van der Waals surface area (Å²) >= 11 is 0. The predicted octanol–water partition coefficient (Wildman–Crippen LogP) is 3.70. The third kappa shape index (κ3) is 5.32. The quantitative estimate of drug-likeness (QED) is 0.763. The fourth-order valence-electron chi connectivity index (χ4n) is 1.40. The normalized spacial score (nSPS) is 13.1. The summed E-state index contributed by atoms with van der Waals surface area (Å²) in [5, 5.41) is 1.34. The third-order valence-electron chi connectivity index (χ3n) is 2.41. The maximum Gasteiger partial charge on any atom is 0.199 e. The molecule has 1 aromatic rings. The van der Waals surface area contributed by atoms with Crippen molar-refractivity contribution in [1.29, 1.82) is 0 Å². The van der Waals surface area contributed by atoms with Crippen LogP contribution in [0.15, 0.2) is 46.7 Å². The second kappa shape index (κ2) is 5.64. The minimum Gasteiger partial charge on any atom is -0.219 e. The van der Waals surface area contributed by atoms with Crippen LogP contribution in [0, 0.1) is 0 Å². The lowest BCUT2D eigenvalue weighted by Gasteiger charge is -2.13. The van der Waals surface area contributed by atoms with Crippen LogP contribution in [0.4, 0.5) is 0 Å². The highest BCUT2D eigenvalue weighted by molar-refractivity contribution is 7.94. The second-order valence-electron chi connectivity index (χ2n) is 5.33. The molecule has 0 spiro atoms. The summed E-state index contributed by atoms with van der Waals surface area (Å²) in [7, 11) is -4.32. The first-order valence-electron chi connectivity index (χ1n) is 5.78. The molecule has 0 radical (unpaired) electrons. The van der Waals surface area contributed by atoms with E-state index in [1.54, 1.807) is 30.3 Å². The molecule has 0 amide bonds. The van der Waals surface area contributed by atoms with Gasteiger partial charge in [0, 0.05) is 13.5 Å². The lowest BCUT2D eigenvalue weighted by molar-refractivity contribution is 0.604. The minimum absolute atomic E-state index is 0.365. The van der Waals surface area contributed by atoms with Crippen molar-refractivity contribution in [2.75, 3.05) is 0 Å². The monoisotopic (exact) mass is 268 g/mol. The molecule has 0 aliphatic heterocycles. The molecule has 0 unspecified atom stereocenters. The molecule has 0 aliphatic rings. The van der Waals surface area contributed by atoms with Gasteiger partial charge in [-0.05, 0) is 18.6 Å². The van der Waals surface area contributed by atoms with E-state index in [-0.39, 0.29) is 0 Å². The highest BCUT2D eigenvalue weighted by Crippen LogP contribution is 2.14. The van der Waals surface area contributed by atoms with Gasteiger partial charge in [0.15, 0.2) is 9.84 Å². The Morgan fingerprint density at radius 1 is 1.12 bits per heavy atom. The molecule has 1 rings (SSSR count). The second-order valence-corrected chi connectivity index (χ2v) is 12.8. The molecular formula is C13H20O2SSi. The van der Waals surface area contributed by atoms with Crippen LogP contribution < -0.4 is 0 Å².